The van der Waals surface area contributed by atoms with Crippen LogP contribution in [0.3, 0.4) is 0 Å². The van der Waals surface area contributed by atoms with E-state index in [9.17, 15) is 14.7 Å². The highest BCUT2D eigenvalue weighted by molar-refractivity contribution is 5.96. The zero-order valence-corrected chi connectivity index (χ0v) is 10.3. The highest BCUT2D eigenvalue weighted by Gasteiger charge is 2.26. The minimum atomic E-state index is -1.24. The van der Waals surface area contributed by atoms with Crippen molar-refractivity contribution >= 4 is 11.9 Å². The first kappa shape index (κ1) is 14.0. The summed E-state index contributed by atoms with van der Waals surface area (Å²) in [6, 6.07) is 9.07. The maximum atomic E-state index is 11.2. The van der Waals surface area contributed by atoms with Crippen LogP contribution >= 0.6 is 0 Å². The van der Waals surface area contributed by atoms with Gasteiger partial charge in [0, 0.05) is 12.0 Å². The molecule has 1 unspecified atom stereocenters. The highest BCUT2D eigenvalue weighted by Crippen LogP contribution is 2.31. The fourth-order valence-electron chi connectivity index (χ4n) is 2.00. The highest BCUT2D eigenvalue weighted by atomic mass is 16.4. The van der Waals surface area contributed by atoms with Crippen molar-refractivity contribution in [3.8, 4) is 0 Å². The Bertz CT molecular complexity index is 460. The molecule has 0 aliphatic carbocycles. The topological polar surface area (TPSA) is 74.6 Å². The van der Waals surface area contributed by atoms with Gasteiger partial charge in [-0.1, -0.05) is 44.2 Å². The molecule has 0 saturated heterocycles. The monoisotopic (exact) mass is 248 g/mol. The molecule has 96 valence electrons. The third-order valence-electron chi connectivity index (χ3n) is 2.69. The van der Waals surface area contributed by atoms with E-state index >= 15 is 0 Å². The van der Waals surface area contributed by atoms with Crippen LogP contribution in [-0.2, 0) is 9.59 Å². The van der Waals surface area contributed by atoms with Crippen molar-refractivity contribution in [2.45, 2.75) is 19.8 Å². The molecule has 4 heteroatoms. The first-order valence-corrected chi connectivity index (χ1v) is 5.66. The molecule has 4 nitrogen and oxygen atoms in total. The zero-order valence-electron chi connectivity index (χ0n) is 10.3. The van der Waals surface area contributed by atoms with Gasteiger partial charge < -0.3 is 10.2 Å². The van der Waals surface area contributed by atoms with Crippen LogP contribution in [0.15, 0.2) is 42.0 Å². The normalized spacial score (nSPS) is 13.4. The molecular formula is C14H16O4. The molecule has 18 heavy (non-hydrogen) atoms. The molecule has 0 aliphatic rings. The Morgan fingerprint density at radius 1 is 1.11 bits per heavy atom. The van der Waals surface area contributed by atoms with E-state index in [1.165, 1.54) is 0 Å². The number of hydrogen-bond donors (Lipinski definition) is 2. The summed E-state index contributed by atoms with van der Waals surface area (Å²) in [5, 5.41) is 17.9. The SMILES string of the molecule is CC(C)C(/C(=C\C(=O)O)C(=O)O)c1ccccc1. The van der Waals surface area contributed by atoms with E-state index in [4.69, 9.17) is 5.11 Å². The molecule has 0 radical (unpaired) electrons. The van der Waals surface area contributed by atoms with Crippen molar-refractivity contribution in [2.75, 3.05) is 0 Å². The average molecular weight is 248 g/mol. The molecule has 1 aromatic rings. The Kier molecular flexibility index (Phi) is 4.66. The van der Waals surface area contributed by atoms with Gasteiger partial charge in [-0.15, -0.1) is 0 Å². The fourth-order valence-corrected chi connectivity index (χ4v) is 2.00. The van der Waals surface area contributed by atoms with Gasteiger partial charge in [0.05, 0.1) is 5.57 Å². The van der Waals surface area contributed by atoms with E-state index in [2.05, 4.69) is 0 Å². The number of aliphatic carboxylic acids is 2. The maximum Gasteiger partial charge on any atom is 0.332 e. The predicted octanol–water partition coefficient (Wildman–Crippen LogP) is 2.52. The zero-order chi connectivity index (χ0) is 13.7. The van der Waals surface area contributed by atoms with Crippen LogP contribution in [0.1, 0.15) is 25.3 Å². The van der Waals surface area contributed by atoms with Crippen LogP contribution in [0, 0.1) is 5.92 Å². The van der Waals surface area contributed by atoms with Gasteiger partial charge in [-0.3, -0.25) is 0 Å². The van der Waals surface area contributed by atoms with E-state index in [-0.39, 0.29) is 11.5 Å². The second-order valence-electron chi connectivity index (χ2n) is 4.38. The van der Waals surface area contributed by atoms with Crippen LogP contribution < -0.4 is 0 Å². The quantitative estimate of drug-likeness (QED) is 0.785. The lowest BCUT2D eigenvalue weighted by molar-refractivity contribution is -0.135. The molecule has 0 aromatic heterocycles. The van der Waals surface area contributed by atoms with Crippen molar-refractivity contribution in [2.24, 2.45) is 5.92 Å². The number of carboxylic acid groups (broad SMARTS) is 2. The smallest absolute Gasteiger partial charge is 0.332 e. The van der Waals surface area contributed by atoms with Crippen molar-refractivity contribution in [1.29, 1.82) is 0 Å². The van der Waals surface area contributed by atoms with Gasteiger partial charge in [0.15, 0.2) is 0 Å². The Labute approximate surface area is 106 Å². The van der Waals surface area contributed by atoms with Gasteiger partial charge in [0.25, 0.3) is 0 Å². The Balaban J connectivity index is 3.27. The Morgan fingerprint density at radius 3 is 2.06 bits per heavy atom. The van der Waals surface area contributed by atoms with Crippen molar-refractivity contribution in [1.82, 2.24) is 0 Å². The molecule has 0 bridgehead atoms. The molecule has 1 atom stereocenters. The fraction of sp³-hybridized carbons (Fsp3) is 0.286. The molecule has 0 saturated carbocycles. The van der Waals surface area contributed by atoms with Crippen LogP contribution in [0.4, 0.5) is 0 Å². The van der Waals surface area contributed by atoms with Gasteiger partial charge in [-0.05, 0) is 11.5 Å². The summed E-state index contributed by atoms with van der Waals surface area (Å²) in [7, 11) is 0. The standard InChI is InChI=1S/C14H16O4/c1-9(2)13(10-6-4-3-5-7-10)11(14(17)18)8-12(15)16/h3-9,13H,1-2H3,(H,15,16)(H,17,18)/b11-8+. The van der Waals surface area contributed by atoms with Crippen molar-refractivity contribution in [3.05, 3.63) is 47.5 Å². The second-order valence-corrected chi connectivity index (χ2v) is 4.38. The van der Waals surface area contributed by atoms with E-state index in [0.29, 0.717) is 0 Å². The summed E-state index contributed by atoms with van der Waals surface area (Å²) in [4.78, 5) is 22.0. The molecule has 1 rings (SSSR count). The summed E-state index contributed by atoms with van der Waals surface area (Å²) in [6.07, 6.45) is 0.778. The molecular weight excluding hydrogens is 232 g/mol. The summed E-state index contributed by atoms with van der Waals surface area (Å²) >= 11 is 0. The largest absolute Gasteiger partial charge is 0.478 e. The molecule has 0 fully saturated rings. The molecule has 0 amide bonds. The van der Waals surface area contributed by atoms with Crippen LogP contribution in [0.25, 0.3) is 0 Å². The van der Waals surface area contributed by atoms with Gasteiger partial charge in [0.1, 0.15) is 0 Å². The second kappa shape index (κ2) is 6.00. The van der Waals surface area contributed by atoms with E-state index in [0.717, 1.165) is 11.6 Å². The minimum absolute atomic E-state index is 0.00546. The number of carbonyl (C=O) groups is 2. The molecule has 0 aliphatic heterocycles. The van der Waals surface area contributed by atoms with Crippen molar-refractivity contribution < 1.29 is 19.8 Å². The molecule has 0 heterocycles. The summed E-state index contributed by atoms with van der Waals surface area (Å²) in [6.45, 7) is 3.74. The number of rotatable bonds is 5. The minimum Gasteiger partial charge on any atom is -0.478 e. The van der Waals surface area contributed by atoms with Crippen LogP contribution in [0.2, 0.25) is 0 Å². The lowest BCUT2D eigenvalue weighted by atomic mass is 9.82. The third-order valence-corrected chi connectivity index (χ3v) is 2.69. The average Bonchev–Trinajstić information content (AvgIpc) is 2.28. The lowest BCUT2D eigenvalue weighted by Gasteiger charge is -2.21. The van der Waals surface area contributed by atoms with Gasteiger partial charge in [-0.2, -0.15) is 0 Å². The Hall–Kier alpha value is -2.10. The van der Waals surface area contributed by atoms with Gasteiger partial charge in [0.2, 0.25) is 0 Å². The number of benzene rings is 1. The van der Waals surface area contributed by atoms with Crippen molar-refractivity contribution in [3.63, 3.8) is 0 Å². The summed E-state index contributed by atoms with van der Waals surface area (Å²) in [5.74, 6) is -2.87. The van der Waals surface area contributed by atoms with Crippen LogP contribution in [-0.4, -0.2) is 22.2 Å². The molecule has 1 aromatic carbocycles. The van der Waals surface area contributed by atoms with E-state index in [1.807, 2.05) is 44.2 Å². The van der Waals surface area contributed by atoms with Gasteiger partial charge in [-0.25, -0.2) is 9.59 Å². The van der Waals surface area contributed by atoms with E-state index in [1.54, 1.807) is 0 Å². The first-order chi connectivity index (χ1) is 8.43. The molecule has 2 N–H and O–H groups in total. The predicted molar refractivity (Wildman–Crippen MR) is 67.4 cm³/mol. The van der Waals surface area contributed by atoms with Crippen LogP contribution in [0.5, 0.6) is 0 Å². The third kappa shape index (κ3) is 3.45. The van der Waals surface area contributed by atoms with Gasteiger partial charge >= 0.3 is 11.9 Å². The number of hydrogen-bond acceptors (Lipinski definition) is 2. The van der Waals surface area contributed by atoms with E-state index < -0.39 is 17.9 Å². The summed E-state index contributed by atoms with van der Waals surface area (Å²) < 4.78 is 0. The summed E-state index contributed by atoms with van der Waals surface area (Å²) in [5.41, 5.74) is 0.714. The molecule has 0 spiro atoms. The maximum absolute atomic E-state index is 11.2. The lowest BCUT2D eigenvalue weighted by Crippen LogP contribution is -2.17. The number of carboxylic acids is 2. The first-order valence-electron chi connectivity index (χ1n) is 5.66. The Morgan fingerprint density at radius 2 is 1.67 bits per heavy atom.